The van der Waals surface area contributed by atoms with Crippen molar-refractivity contribution in [3.63, 3.8) is 0 Å². The van der Waals surface area contributed by atoms with Gasteiger partial charge in [0.05, 0.1) is 11.1 Å². The molecule has 0 heterocycles. The molecule has 100 valence electrons. The van der Waals surface area contributed by atoms with Crippen molar-refractivity contribution in [3.05, 3.63) is 70.0 Å². The van der Waals surface area contributed by atoms with Gasteiger partial charge in [-0.05, 0) is 30.8 Å². The molecule has 0 saturated heterocycles. The van der Waals surface area contributed by atoms with E-state index in [0.717, 1.165) is 12.1 Å². The predicted molar refractivity (Wildman–Crippen MR) is 68.7 cm³/mol. The van der Waals surface area contributed by atoms with Gasteiger partial charge >= 0.3 is 0 Å². The summed E-state index contributed by atoms with van der Waals surface area (Å²) >= 11 is 5.61. The molecule has 0 aromatic heterocycles. The number of hydrogen-bond acceptors (Lipinski definition) is 1. The maximum Gasteiger partial charge on any atom is 0.142 e. The molecule has 2 aromatic rings. The molecule has 5 heteroatoms. The van der Waals surface area contributed by atoms with E-state index in [1.165, 1.54) is 18.2 Å². The maximum atomic E-state index is 13.8. The minimum atomic E-state index is -0.685. The number of benzene rings is 2. The van der Waals surface area contributed by atoms with Crippen molar-refractivity contribution in [2.75, 3.05) is 7.05 Å². The van der Waals surface area contributed by atoms with E-state index in [-0.39, 0.29) is 10.6 Å². The van der Waals surface area contributed by atoms with Crippen molar-refractivity contribution in [1.82, 2.24) is 5.32 Å². The maximum absolute atomic E-state index is 13.8. The fourth-order valence-electron chi connectivity index (χ4n) is 1.93. The van der Waals surface area contributed by atoms with Crippen molar-refractivity contribution in [1.29, 1.82) is 0 Å². The lowest BCUT2D eigenvalue weighted by molar-refractivity contribution is 0.549. The molecule has 0 fully saturated rings. The first-order valence-corrected chi connectivity index (χ1v) is 5.98. The fourth-order valence-corrected chi connectivity index (χ4v) is 2.05. The van der Waals surface area contributed by atoms with Gasteiger partial charge in [-0.25, -0.2) is 13.2 Å². The van der Waals surface area contributed by atoms with Crippen LogP contribution in [0.25, 0.3) is 0 Å². The molecule has 0 bridgehead atoms. The first-order valence-electron chi connectivity index (χ1n) is 5.60. The third-order valence-corrected chi connectivity index (χ3v) is 3.15. The van der Waals surface area contributed by atoms with Crippen LogP contribution in [0, 0.1) is 17.5 Å². The monoisotopic (exact) mass is 285 g/mol. The molecule has 1 unspecified atom stereocenters. The lowest BCUT2D eigenvalue weighted by Gasteiger charge is -2.18. The summed E-state index contributed by atoms with van der Waals surface area (Å²) in [5.41, 5.74) is 0.750. The Kier molecular flexibility index (Phi) is 4.12. The van der Waals surface area contributed by atoms with E-state index in [1.54, 1.807) is 13.1 Å². The van der Waals surface area contributed by atoms with Gasteiger partial charge < -0.3 is 5.32 Å². The number of hydrogen-bond donors (Lipinski definition) is 1. The second-order valence-corrected chi connectivity index (χ2v) is 4.47. The molecule has 0 aliphatic heterocycles. The van der Waals surface area contributed by atoms with Gasteiger partial charge in [0.2, 0.25) is 0 Å². The highest BCUT2D eigenvalue weighted by Crippen LogP contribution is 2.27. The van der Waals surface area contributed by atoms with Crippen LogP contribution in [0.4, 0.5) is 13.2 Å². The van der Waals surface area contributed by atoms with Crippen LogP contribution in [0.15, 0.2) is 36.4 Å². The summed E-state index contributed by atoms with van der Waals surface area (Å²) in [5.74, 6) is -1.92. The average Bonchev–Trinajstić information content (AvgIpc) is 2.37. The van der Waals surface area contributed by atoms with Crippen molar-refractivity contribution >= 4 is 11.6 Å². The molecule has 0 aliphatic rings. The molecule has 2 aromatic carbocycles. The van der Waals surface area contributed by atoms with Crippen LogP contribution >= 0.6 is 11.6 Å². The van der Waals surface area contributed by atoms with Crippen LogP contribution in [0.2, 0.25) is 5.02 Å². The summed E-state index contributed by atoms with van der Waals surface area (Å²) < 4.78 is 40.1. The number of nitrogens with one attached hydrogen (secondary N) is 1. The number of halogens is 4. The van der Waals surface area contributed by atoms with Gasteiger partial charge in [0, 0.05) is 11.6 Å². The van der Waals surface area contributed by atoms with E-state index >= 15 is 0 Å². The molecule has 19 heavy (non-hydrogen) atoms. The van der Waals surface area contributed by atoms with Gasteiger partial charge in [-0.2, -0.15) is 0 Å². The Bertz CT molecular complexity index is 601. The van der Waals surface area contributed by atoms with Crippen LogP contribution in [0.5, 0.6) is 0 Å². The Hall–Kier alpha value is -1.52. The zero-order chi connectivity index (χ0) is 14.0. The van der Waals surface area contributed by atoms with E-state index in [9.17, 15) is 13.2 Å². The molecular weight excluding hydrogens is 275 g/mol. The fraction of sp³-hybridized carbons (Fsp3) is 0.143. The van der Waals surface area contributed by atoms with Gasteiger partial charge in [-0.1, -0.05) is 23.7 Å². The second-order valence-electron chi connectivity index (χ2n) is 4.06. The van der Waals surface area contributed by atoms with Gasteiger partial charge in [0.25, 0.3) is 0 Å². The molecule has 1 N–H and O–H groups in total. The third kappa shape index (κ3) is 2.91. The lowest BCUT2D eigenvalue weighted by atomic mass is 9.98. The van der Waals surface area contributed by atoms with Crippen LogP contribution < -0.4 is 5.32 Å². The van der Waals surface area contributed by atoms with Crippen LogP contribution in [0.3, 0.4) is 0 Å². The Balaban J connectivity index is 2.46. The summed E-state index contributed by atoms with van der Waals surface area (Å²) in [6, 6.07) is 6.94. The van der Waals surface area contributed by atoms with E-state index in [4.69, 9.17) is 11.6 Å². The van der Waals surface area contributed by atoms with E-state index < -0.39 is 23.5 Å². The zero-order valence-corrected chi connectivity index (χ0v) is 10.8. The van der Waals surface area contributed by atoms with E-state index in [0.29, 0.717) is 5.56 Å². The van der Waals surface area contributed by atoms with Crippen molar-refractivity contribution in [2.45, 2.75) is 6.04 Å². The summed E-state index contributed by atoms with van der Waals surface area (Å²) in [5, 5.41) is 2.87. The van der Waals surface area contributed by atoms with Gasteiger partial charge in [-0.15, -0.1) is 0 Å². The van der Waals surface area contributed by atoms with Crippen molar-refractivity contribution in [3.8, 4) is 0 Å². The van der Waals surface area contributed by atoms with Gasteiger partial charge in [0.15, 0.2) is 0 Å². The third-order valence-electron chi connectivity index (χ3n) is 2.84. The van der Waals surface area contributed by atoms with Crippen molar-refractivity contribution < 1.29 is 13.2 Å². The SMILES string of the molecule is CNC(c1ccc(Cl)c(F)c1)c1ccc(F)cc1F. The summed E-state index contributed by atoms with van der Waals surface area (Å²) in [7, 11) is 1.61. The van der Waals surface area contributed by atoms with Crippen LogP contribution in [-0.4, -0.2) is 7.05 Å². The van der Waals surface area contributed by atoms with E-state index in [2.05, 4.69) is 5.32 Å². The molecule has 0 aliphatic carbocycles. The lowest BCUT2D eigenvalue weighted by Crippen LogP contribution is -2.19. The highest BCUT2D eigenvalue weighted by Gasteiger charge is 2.17. The van der Waals surface area contributed by atoms with E-state index in [1.807, 2.05) is 0 Å². The highest BCUT2D eigenvalue weighted by atomic mass is 35.5. The summed E-state index contributed by atoms with van der Waals surface area (Å²) in [4.78, 5) is 0. The summed E-state index contributed by atoms with van der Waals surface area (Å²) in [6.07, 6.45) is 0. The molecular formula is C14H11ClF3N. The quantitative estimate of drug-likeness (QED) is 0.896. The minimum Gasteiger partial charge on any atom is -0.309 e. The Morgan fingerprint density at radius 1 is 1.00 bits per heavy atom. The number of rotatable bonds is 3. The minimum absolute atomic E-state index is 0.00168. The van der Waals surface area contributed by atoms with Crippen LogP contribution in [0.1, 0.15) is 17.2 Å². The molecule has 0 amide bonds. The molecule has 0 spiro atoms. The first kappa shape index (κ1) is 13.9. The summed E-state index contributed by atoms with van der Waals surface area (Å²) in [6.45, 7) is 0. The normalized spacial score (nSPS) is 12.5. The first-order chi connectivity index (χ1) is 9.02. The Labute approximate surface area is 114 Å². The topological polar surface area (TPSA) is 12.0 Å². The van der Waals surface area contributed by atoms with Crippen molar-refractivity contribution in [2.24, 2.45) is 0 Å². The standard InChI is InChI=1S/C14H11ClF3N/c1-19-14(8-2-5-11(15)13(18)6-8)10-4-3-9(16)7-12(10)17/h2-7,14,19H,1H3. The average molecular weight is 286 g/mol. The Morgan fingerprint density at radius 2 is 1.74 bits per heavy atom. The Morgan fingerprint density at radius 3 is 2.32 bits per heavy atom. The largest absolute Gasteiger partial charge is 0.309 e. The van der Waals surface area contributed by atoms with Crippen LogP contribution in [-0.2, 0) is 0 Å². The van der Waals surface area contributed by atoms with Gasteiger partial charge in [-0.3, -0.25) is 0 Å². The molecule has 0 radical (unpaired) electrons. The zero-order valence-electron chi connectivity index (χ0n) is 10.1. The second kappa shape index (κ2) is 5.63. The molecule has 1 nitrogen and oxygen atoms in total. The molecule has 1 atom stereocenters. The molecule has 2 rings (SSSR count). The smallest absolute Gasteiger partial charge is 0.142 e. The predicted octanol–water partition coefficient (Wildman–Crippen LogP) is 4.07. The highest BCUT2D eigenvalue weighted by molar-refractivity contribution is 6.30. The van der Waals surface area contributed by atoms with Gasteiger partial charge in [0.1, 0.15) is 17.5 Å². The molecule has 0 saturated carbocycles.